The van der Waals surface area contributed by atoms with Crippen molar-refractivity contribution in [1.82, 2.24) is 10.2 Å². The molecule has 0 radical (unpaired) electrons. The van der Waals surface area contributed by atoms with E-state index in [9.17, 15) is 0 Å². The number of hydrogen-bond donors (Lipinski definition) is 0. The fourth-order valence-corrected chi connectivity index (χ4v) is 2.16. The quantitative estimate of drug-likeness (QED) is 0.771. The summed E-state index contributed by atoms with van der Waals surface area (Å²) in [6.45, 7) is 0. The van der Waals surface area contributed by atoms with Crippen molar-refractivity contribution in [3.05, 3.63) is 36.2 Å². The van der Waals surface area contributed by atoms with Gasteiger partial charge in [-0.25, -0.2) is 0 Å². The van der Waals surface area contributed by atoms with Crippen molar-refractivity contribution >= 4 is 34.0 Å². The molecular formula is C11H10Cl2N2. The molecule has 2 nitrogen and oxygen atoms in total. The van der Waals surface area contributed by atoms with Gasteiger partial charge in [0.2, 0.25) is 0 Å². The predicted octanol–water partition coefficient (Wildman–Crippen LogP) is 3.19. The second-order valence-electron chi connectivity index (χ2n) is 3.32. The molecule has 0 aliphatic carbocycles. The molecule has 0 saturated heterocycles. The van der Waals surface area contributed by atoms with Gasteiger partial charge in [-0.2, -0.15) is 10.2 Å². The Kier molecular flexibility index (Phi) is 3.39. The lowest BCUT2D eigenvalue weighted by Crippen LogP contribution is -2.06. The van der Waals surface area contributed by atoms with Crippen LogP contribution in [0.5, 0.6) is 0 Å². The number of fused-ring (bicyclic) bond motifs is 1. The molecule has 0 bridgehead atoms. The summed E-state index contributed by atoms with van der Waals surface area (Å²) in [6.07, 6.45) is 1.75. The van der Waals surface area contributed by atoms with E-state index in [4.69, 9.17) is 23.2 Å². The van der Waals surface area contributed by atoms with E-state index in [1.54, 1.807) is 6.20 Å². The molecule has 0 aliphatic heterocycles. The number of rotatable bonds is 3. The number of halogens is 2. The van der Waals surface area contributed by atoms with Crippen LogP contribution < -0.4 is 0 Å². The number of alkyl halides is 2. The minimum atomic E-state index is 0.0620. The molecule has 0 amide bonds. The van der Waals surface area contributed by atoms with Gasteiger partial charge >= 0.3 is 0 Å². The highest BCUT2D eigenvalue weighted by atomic mass is 35.5. The Morgan fingerprint density at radius 3 is 2.60 bits per heavy atom. The summed E-state index contributed by atoms with van der Waals surface area (Å²) in [5.74, 6) is 0.991. The van der Waals surface area contributed by atoms with Crippen LogP contribution in [-0.2, 0) is 0 Å². The van der Waals surface area contributed by atoms with Gasteiger partial charge in [0.15, 0.2) is 0 Å². The molecule has 78 valence electrons. The molecule has 0 saturated carbocycles. The van der Waals surface area contributed by atoms with Crippen LogP contribution in [0.1, 0.15) is 11.6 Å². The van der Waals surface area contributed by atoms with E-state index in [-0.39, 0.29) is 5.92 Å². The third kappa shape index (κ3) is 2.06. The first-order valence-corrected chi connectivity index (χ1v) is 5.76. The van der Waals surface area contributed by atoms with Crippen molar-refractivity contribution in [2.24, 2.45) is 0 Å². The molecule has 1 aromatic carbocycles. The first-order chi connectivity index (χ1) is 7.36. The molecule has 1 aromatic heterocycles. The molecule has 0 N–H and O–H groups in total. The first-order valence-electron chi connectivity index (χ1n) is 4.69. The monoisotopic (exact) mass is 240 g/mol. The maximum Gasteiger partial charge on any atom is 0.0763 e. The Bertz CT molecular complexity index is 450. The summed E-state index contributed by atoms with van der Waals surface area (Å²) in [6, 6.07) is 7.98. The van der Waals surface area contributed by atoms with Crippen LogP contribution in [0.2, 0.25) is 0 Å². The largest absolute Gasteiger partial charge is 0.158 e. The maximum absolute atomic E-state index is 5.85. The highest BCUT2D eigenvalue weighted by molar-refractivity contribution is 6.21. The Labute approximate surface area is 98.2 Å². The molecule has 0 atom stereocenters. The zero-order valence-corrected chi connectivity index (χ0v) is 9.54. The molecule has 0 fully saturated rings. The molecule has 0 spiro atoms. The molecule has 1 heterocycles. The topological polar surface area (TPSA) is 25.8 Å². The van der Waals surface area contributed by atoms with Crippen molar-refractivity contribution in [3.63, 3.8) is 0 Å². The highest BCUT2D eigenvalue weighted by Gasteiger charge is 2.14. The fourth-order valence-electron chi connectivity index (χ4n) is 1.54. The van der Waals surface area contributed by atoms with E-state index >= 15 is 0 Å². The minimum absolute atomic E-state index is 0.0620. The third-order valence-corrected chi connectivity index (χ3v) is 3.10. The SMILES string of the molecule is ClCC(CCl)c1nncc2ccccc12. The molecular weight excluding hydrogens is 231 g/mol. The zero-order chi connectivity index (χ0) is 10.7. The van der Waals surface area contributed by atoms with Crippen LogP contribution >= 0.6 is 23.2 Å². The van der Waals surface area contributed by atoms with Gasteiger partial charge in [0, 0.05) is 28.5 Å². The number of hydrogen-bond acceptors (Lipinski definition) is 2. The number of aromatic nitrogens is 2. The average molecular weight is 241 g/mol. The summed E-state index contributed by atoms with van der Waals surface area (Å²) in [5, 5.41) is 10.2. The van der Waals surface area contributed by atoms with Crippen molar-refractivity contribution in [1.29, 1.82) is 0 Å². The molecule has 0 unspecified atom stereocenters. The third-order valence-electron chi connectivity index (χ3n) is 2.36. The standard InChI is InChI=1S/C11H10Cl2N2/c12-5-9(6-13)11-10-4-2-1-3-8(10)7-14-15-11/h1-4,7,9H,5-6H2. The lowest BCUT2D eigenvalue weighted by atomic mass is 10.0. The average Bonchev–Trinajstić information content (AvgIpc) is 2.31. The Balaban J connectivity index is 2.59. The summed E-state index contributed by atoms with van der Waals surface area (Å²) >= 11 is 11.7. The number of benzene rings is 1. The summed E-state index contributed by atoms with van der Waals surface area (Å²) < 4.78 is 0. The van der Waals surface area contributed by atoms with E-state index in [0.717, 1.165) is 16.5 Å². The summed E-state index contributed by atoms with van der Waals surface area (Å²) in [7, 11) is 0. The van der Waals surface area contributed by atoms with E-state index in [2.05, 4.69) is 10.2 Å². The van der Waals surface area contributed by atoms with Gasteiger partial charge in [0.25, 0.3) is 0 Å². The van der Waals surface area contributed by atoms with Crippen molar-refractivity contribution < 1.29 is 0 Å². The Morgan fingerprint density at radius 2 is 1.87 bits per heavy atom. The predicted molar refractivity (Wildman–Crippen MR) is 63.7 cm³/mol. The minimum Gasteiger partial charge on any atom is -0.158 e. The summed E-state index contributed by atoms with van der Waals surface area (Å²) in [5.41, 5.74) is 0.887. The highest BCUT2D eigenvalue weighted by Crippen LogP contribution is 2.24. The van der Waals surface area contributed by atoms with Crippen LogP contribution in [0.4, 0.5) is 0 Å². The Hall–Kier alpha value is -0.860. The normalized spacial score (nSPS) is 11.1. The Morgan fingerprint density at radius 1 is 1.13 bits per heavy atom. The lowest BCUT2D eigenvalue weighted by molar-refractivity contribution is 0.811. The fraction of sp³-hybridized carbons (Fsp3) is 0.273. The first kappa shape index (κ1) is 10.7. The molecule has 2 rings (SSSR count). The van der Waals surface area contributed by atoms with Crippen LogP contribution in [0.15, 0.2) is 30.5 Å². The van der Waals surface area contributed by atoms with Crippen molar-refractivity contribution in [2.75, 3.05) is 11.8 Å². The second kappa shape index (κ2) is 4.77. The van der Waals surface area contributed by atoms with Crippen LogP contribution in [0, 0.1) is 0 Å². The molecule has 15 heavy (non-hydrogen) atoms. The zero-order valence-electron chi connectivity index (χ0n) is 8.03. The van der Waals surface area contributed by atoms with Gasteiger partial charge in [-0.3, -0.25) is 0 Å². The van der Waals surface area contributed by atoms with Crippen LogP contribution in [-0.4, -0.2) is 22.0 Å². The van der Waals surface area contributed by atoms with Gasteiger partial charge in [0.05, 0.1) is 11.9 Å². The van der Waals surface area contributed by atoms with Crippen molar-refractivity contribution in [2.45, 2.75) is 5.92 Å². The number of nitrogens with zero attached hydrogens (tertiary/aromatic N) is 2. The van der Waals surface area contributed by atoms with E-state index in [1.807, 2.05) is 24.3 Å². The molecule has 0 aliphatic rings. The lowest BCUT2D eigenvalue weighted by Gasteiger charge is -2.11. The smallest absolute Gasteiger partial charge is 0.0763 e. The van der Waals surface area contributed by atoms with Crippen LogP contribution in [0.3, 0.4) is 0 Å². The van der Waals surface area contributed by atoms with E-state index < -0.39 is 0 Å². The van der Waals surface area contributed by atoms with Gasteiger partial charge in [-0.1, -0.05) is 24.3 Å². The van der Waals surface area contributed by atoms with Crippen LogP contribution in [0.25, 0.3) is 10.8 Å². The van der Waals surface area contributed by atoms with Gasteiger partial charge in [0.1, 0.15) is 0 Å². The second-order valence-corrected chi connectivity index (χ2v) is 3.94. The van der Waals surface area contributed by atoms with E-state index in [1.165, 1.54) is 0 Å². The summed E-state index contributed by atoms with van der Waals surface area (Å²) in [4.78, 5) is 0. The van der Waals surface area contributed by atoms with Crippen molar-refractivity contribution in [3.8, 4) is 0 Å². The molecule has 2 aromatic rings. The van der Waals surface area contributed by atoms with E-state index in [0.29, 0.717) is 11.8 Å². The van der Waals surface area contributed by atoms with Gasteiger partial charge < -0.3 is 0 Å². The van der Waals surface area contributed by atoms with Gasteiger partial charge in [-0.15, -0.1) is 23.2 Å². The maximum atomic E-state index is 5.85. The molecule has 4 heteroatoms. The van der Waals surface area contributed by atoms with Gasteiger partial charge in [-0.05, 0) is 0 Å².